The molecule has 7 heteroatoms. The van der Waals surface area contributed by atoms with Crippen LogP contribution in [0.15, 0.2) is 12.1 Å². The summed E-state index contributed by atoms with van der Waals surface area (Å²) < 4.78 is 32.4. The molecule has 0 aliphatic carbocycles. The van der Waals surface area contributed by atoms with Crippen molar-refractivity contribution < 1.29 is 18.3 Å². The number of hydrogen-bond acceptors (Lipinski definition) is 4. The fraction of sp³-hybridized carbons (Fsp3) is 0.462. The maximum atomic E-state index is 13.6. The number of hydrogen-bond donors (Lipinski definition) is 3. The van der Waals surface area contributed by atoms with Crippen LogP contribution in [0.2, 0.25) is 0 Å². The second-order valence-electron chi connectivity index (χ2n) is 5.09. The highest BCUT2D eigenvalue weighted by Crippen LogP contribution is 2.23. The first-order valence-corrected chi connectivity index (χ1v) is 6.31. The van der Waals surface area contributed by atoms with Crippen LogP contribution in [-0.4, -0.2) is 24.7 Å². The third kappa shape index (κ3) is 3.05. The molecule has 0 radical (unpaired) electrons. The van der Waals surface area contributed by atoms with Crippen molar-refractivity contribution in [1.82, 2.24) is 5.32 Å². The molecule has 1 aliphatic rings. The van der Waals surface area contributed by atoms with Crippen molar-refractivity contribution in [2.45, 2.75) is 25.3 Å². The van der Waals surface area contributed by atoms with Crippen molar-refractivity contribution in [3.05, 3.63) is 29.3 Å². The van der Waals surface area contributed by atoms with Crippen molar-refractivity contribution in [2.75, 3.05) is 18.6 Å². The van der Waals surface area contributed by atoms with E-state index in [9.17, 15) is 13.6 Å². The summed E-state index contributed by atoms with van der Waals surface area (Å²) in [5.74, 6) is 2.67. The van der Waals surface area contributed by atoms with E-state index in [-0.39, 0.29) is 5.56 Å². The zero-order chi connectivity index (χ0) is 14.8. The fourth-order valence-electron chi connectivity index (χ4n) is 2.14. The van der Waals surface area contributed by atoms with Crippen LogP contribution in [0.4, 0.5) is 14.5 Å². The molecule has 1 heterocycles. The van der Waals surface area contributed by atoms with Crippen LogP contribution in [-0.2, 0) is 4.74 Å². The van der Waals surface area contributed by atoms with Crippen LogP contribution < -0.4 is 16.6 Å². The molecule has 1 amide bonds. The van der Waals surface area contributed by atoms with Gasteiger partial charge >= 0.3 is 0 Å². The van der Waals surface area contributed by atoms with Gasteiger partial charge in [0.25, 0.3) is 5.91 Å². The zero-order valence-electron chi connectivity index (χ0n) is 11.1. The second-order valence-corrected chi connectivity index (χ2v) is 5.09. The van der Waals surface area contributed by atoms with Gasteiger partial charge in [-0.3, -0.25) is 10.6 Å². The summed E-state index contributed by atoms with van der Waals surface area (Å²) in [7, 11) is 0. The summed E-state index contributed by atoms with van der Waals surface area (Å²) in [4.78, 5) is 12.1. The van der Waals surface area contributed by atoms with E-state index in [0.717, 1.165) is 12.1 Å². The van der Waals surface area contributed by atoms with Gasteiger partial charge in [-0.15, -0.1) is 0 Å². The van der Waals surface area contributed by atoms with E-state index in [4.69, 9.17) is 10.6 Å². The quantitative estimate of drug-likeness (QED) is 0.582. The molecular weight excluding hydrogens is 268 g/mol. The van der Waals surface area contributed by atoms with Gasteiger partial charge in [0.2, 0.25) is 0 Å². The number of halogens is 2. The monoisotopic (exact) mass is 285 g/mol. The smallest absolute Gasteiger partial charge is 0.251 e. The van der Waals surface area contributed by atoms with Gasteiger partial charge < -0.3 is 15.5 Å². The van der Waals surface area contributed by atoms with Crippen LogP contribution in [0.25, 0.3) is 0 Å². The summed E-state index contributed by atoms with van der Waals surface area (Å²) in [6.45, 7) is 2.99. The molecule has 2 rings (SSSR count). The predicted octanol–water partition coefficient (Wildman–Crippen LogP) is 1.55. The van der Waals surface area contributed by atoms with Crippen molar-refractivity contribution in [3.8, 4) is 0 Å². The molecule has 1 aromatic carbocycles. The van der Waals surface area contributed by atoms with Crippen molar-refractivity contribution in [1.29, 1.82) is 0 Å². The van der Waals surface area contributed by atoms with Crippen LogP contribution in [0, 0.1) is 11.6 Å². The number of nitrogens with two attached hydrogens (primary N) is 1. The van der Waals surface area contributed by atoms with E-state index in [0.29, 0.717) is 26.1 Å². The summed E-state index contributed by atoms with van der Waals surface area (Å²) in [6, 6.07) is 1.91. The highest BCUT2D eigenvalue weighted by molar-refractivity contribution is 5.95. The van der Waals surface area contributed by atoms with Gasteiger partial charge in [-0.05, 0) is 31.9 Å². The molecule has 0 saturated carbocycles. The minimum absolute atomic E-state index is 0.0771. The molecule has 5 nitrogen and oxygen atoms in total. The van der Waals surface area contributed by atoms with Gasteiger partial charge in [0, 0.05) is 24.3 Å². The first kappa shape index (κ1) is 14.7. The van der Waals surface area contributed by atoms with Crippen molar-refractivity contribution in [3.63, 3.8) is 0 Å². The van der Waals surface area contributed by atoms with Gasteiger partial charge in [0.1, 0.15) is 5.69 Å². The standard InChI is InChI=1S/C13H17F2N3O2/c1-13(2-4-20-5-3-13)17-12(19)8-6-9(14)11(18-16)10(15)7-8/h6-7,18H,2-5,16H2,1H3,(H,17,19). The number of nitrogen functional groups attached to an aromatic ring is 1. The number of hydrazine groups is 1. The molecule has 1 aliphatic heterocycles. The van der Waals surface area contributed by atoms with Gasteiger partial charge in [-0.2, -0.15) is 0 Å². The molecule has 20 heavy (non-hydrogen) atoms. The Balaban J connectivity index is 2.17. The maximum absolute atomic E-state index is 13.6. The number of ether oxygens (including phenoxy) is 1. The number of benzene rings is 1. The first-order valence-electron chi connectivity index (χ1n) is 6.31. The topological polar surface area (TPSA) is 76.4 Å². The number of amides is 1. The molecule has 1 fully saturated rings. The van der Waals surface area contributed by atoms with Crippen molar-refractivity contribution >= 4 is 11.6 Å². The Bertz CT molecular complexity index is 493. The van der Waals surface area contributed by atoms with E-state index < -0.39 is 28.8 Å². The van der Waals surface area contributed by atoms with E-state index in [1.54, 1.807) is 0 Å². The summed E-state index contributed by atoms with van der Waals surface area (Å²) in [5, 5.41) is 2.80. The highest BCUT2D eigenvalue weighted by atomic mass is 19.1. The average molecular weight is 285 g/mol. The Morgan fingerprint density at radius 1 is 1.30 bits per heavy atom. The van der Waals surface area contributed by atoms with E-state index in [1.807, 2.05) is 12.3 Å². The number of rotatable bonds is 3. The molecule has 1 aromatic rings. The molecule has 0 unspecified atom stereocenters. The zero-order valence-corrected chi connectivity index (χ0v) is 11.1. The minimum atomic E-state index is -0.908. The Hall–Kier alpha value is -1.73. The third-order valence-corrected chi connectivity index (χ3v) is 3.46. The molecule has 0 aromatic heterocycles. The fourth-order valence-corrected chi connectivity index (χ4v) is 2.14. The molecule has 0 atom stereocenters. The van der Waals surface area contributed by atoms with Crippen LogP contribution >= 0.6 is 0 Å². The number of anilines is 1. The first-order chi connectivity index (χ1) is 9.45. The Morgan fingerprint density at radius 3 is 2.35 bits per heavy atom. The number of carbonyl (C=O) groups excluding carboxylic acids is 1. The minimum Gasteiger partial charge on any atom is -0.381 e. The lowest BCUT2D eigenvalue weighted by molar-refractivity contribution is 0.0422. The van der Waals surface area contributed by atoms with Gasteiger partial charge in [-0.1, -0.05) is 0 Å². The molecule has 110 valence electrons. The largest absolute Gasteiger partial charge is 0.381 e. The second kappa shape index (κ2) is 5.72. The van der Waals surface area contributed by atoms with E-state index in [2.05, 4.69) is 5.32 Å². The highest BCUT2D eigenvalue weighted by Gasteiger charge is 2.29. The average Bonchev–Trinajstić information content (AvgIpc) is 2.38. The molecule has 0 bridgehead atoms. The lowest BCUT2D eigenvalue weighted by Crippen LogP contribution is -2.49. The van der Waals surface area contributed by atoms with Gasteiger partial charge in [0.05, 0.1) is 0 Å². The lowest BCUT2D eigenvalue weighted by Gasteiger charge is -2.34. The summed E-state index contributed by atoms with van der Waals surface area (Å²) in [5.41, 5.74) is 0.960. The van der Waals surface area contributed by atoms with Gasteiger partial charge in [0.15, 0.2) is 11.6 Å². The number of carbonyl (C=O) groups is 1. The maximum Gasteiger partial charge on any atom is 0.251 e. The lowest BCUT2D eigenvalue weighted by atomic mass is 9.92. The Kier molecular flexibility index (Phi) is 4.20. The van der Waals surface area contributed by atoms with E-state index >= 15 is 0 Å². The predicted molar refractivity (Wildman–Crippen MR) is 70.1 cm³/mol. The van der Waals surface area contributed by atoms with E-state index in [1.165, 1.54) is 0 Å². The Labute approximate surface area is 115 Å². The molecule has 0 spiro atoms. The normalized spacial score (nSPS) is 17.6. The molecule has 1 saturated heterocycles. The number of nitrogens with one attached hydrogen (secondary N) is 2. The van der Waals surface area contributed by atoms with Crippen molar-refractivity contribution in [2.24, 2.45) is 5.84 Å². The van der Waals surface area contributed by atoms with Crippen LogP contribution in [0.5, 0.6) is 0 Å². The van der Waals surface area contributed by atoms with Gasteiger partial charge in [-0.25, -0.2) is 8.78 Å². The summed E-state index contributed by atoms with van der Waals surface area (Å²) in [6.07, 6.45) is 1.32. The summed E-state index contributed by atoms with van der Waals surface area (Å²) >= 11 is 0. The van der Waals surface area contributed by atoms with Crippen LogP contribution in [0.3, 0.4) is 0 Å². The van der Waals surface area contributed by atoms with Crippen LogP contribution in [0.1, 0.15) is 30.1 Å². The Morgan fingerprint density at radius 2 is 1.85 bits per heavy atom. The molecular formula is C13H17F2N3O2. The molecule has 4 N–H and O–H groups in total. The third-order valence-electron chi connectivity index (χ3n) is 3.46. The SMILES string of the molecule is CC1(NC(=O)c2cc(F)c(NN)c(F)c2)CCOCC1.